The van der Waals surface area contributed by atoms with Gasteiger partial charge >= 0.3 is 0 Å². The molecule has 21 heavy (non-hydrogen) atoms. The van der Waals surface area contributed by atoms with Gasteiger partial charge in [0.1, 0.15) is 5.75 Å². The molecule has 3 N–H and O–H groups in total. The van der Waals surface area contributed by atoms with Crippen molar-refractivity contribution in [3.8, 4) is 5.75 Å². The molecule has 5 heteroatoms. The fourth-order valence-corrected chi connectivity index (χ4v) is 2.77. The number of benzene rings is 2. The molecule has 0 saturated carbocycles. The number of phenolic OH excluding ortho intramolecular Hbond substituents is 1. The third-order valence-electron chi connectivity index (χ3n) is 3.72. The molecule has 0 unspecified atom stereocenters. The van der Waals surface area contributed by atoms with Gasteiger partial charge in [-0.15, -0.1) is 0 Å². The Morgan fingerprint density at radius 1 is 1.19 bits per heavy atom. The number of phenols is 1. The fraction of sp³-hybridized carbons (Fsp3) is 0.188. The third kappa shape index (κ3) is 2.67. The van der Waals surface area contributed by atoms with E-state index in [4.69, 9.17) is 17.3 Å². The maximum Gasteiger partial charge on any atom is 0.257 e. The van der Waals surface area contributed by atoms with Crippen molar-refractivity contribution in [1.29, 1.82) is 0 Å². The van der Waals surface area contributed by atoms with Gasteiger partial charge in [-0.05, 0) is 47.9 Å². The molecule has 1 aliphatic rings. The number of halogens is 1. The summed E-state index contributed by atoms with van der Waals surface area (Å²) >= 11 is 5.79. The van der Waals surface area contributed by atoms with E-state index in [0.717, 1.165) is 12.0 Å². The standard InChI is InChI=1S/C16H15ClN2O2/c17-12-2-4-14(15(20)8-12)16(21)19-6-5-10-1-3-13(18)7-11(10)9-19/h1-4,7-8,20H,5-6,9,18H2. The SMILES string of the molecule is Nc1ccc2c(c1)CN(C(=O)c1ccc(Cl)cc1O)CC2. The van der Waals surface area contributed by atoms with Crippen molar-refractivity contribution in [2.24, 2.45) is 0 Å². The lowest BCUT2D eigenvalue weighted by Crippen LogP contribution is -2.36. The van der Waals surface area contributed by atoms with Crippen molar-refractivity contribution < 1.29 is 9.90 Å². The van der Waals surface area contributed by atoms with E-state index in [1.54, 1.807) is 17.0 Å². The van der Waals surface area contributed by atoms with E-state index >= 15 is 0 Å². The van der Waals surface area contributed by atoms with Crippen LogP contribution in [0.3, 0.4) is 0 Å². The molecule has 108 valence electrons. The number of carbonyl (C=O) groups is 1. The van der Waals surface area contributed by atoms with Gasteiger partial charge in [0.05, 0.1) is 5.56 Å². The van der Waals surface area contributed by atoms with Gasteiger partial charge in [0, 0.05) is 23.8 Å². The van der Waals surface area contributed by atoms with Gasteiger partial charge < -0.3 is 15.7 Å². The maximum absolute atomic E-state index is 12.5. The number of nitrogens with two attached hydrogens (primary N) is 1. The van der Waals surface area contributed by atoms with Crippen molar-refractivity contribution in [2.75, 3.05) is 12.3 Å². The molecule has 1 heterocycles. The van der Waals surface area contributed by atoms with Crippen molar-refractivity contribution in [2.45, 2.75) is 13.0 Å². The van der Waals surface area contributed by atoms with E-state index in [1.807, 2.05) is 18.2 Å². The van der Waals surface area contributed by atoms with Crippen LogP contribution in [0.4, 0.5) is 5.69 Å². The highest BCUT2D eigenvalue weighted by Gasteiger charge is 2.23. The first-order valence-electron chi connectivity index (χ1n) is 6.69. The van der Waals surface area contributed by atoms with Gasteiger partial charge in [-0.25, -0.2) is 0 Å². The lowest BCUT2D eigenvalue weighted by atomic mass is 9.98. The van der Waals surface area contributed by atoms with Crippen LogP contribution in [0, 0.1) is 0 Å². The third-order valence-corrected chi connectivity index (χ3v) is 3.96. The van der Waals surface area contributed by atoms with Crippen LogP contribution in [-0.4, -0.2) is 22.5 Å². The molecule has 1 amide bonds. The molecule has 0 aliphatic carbocycles. The number of anilines is 1. The number of nitrogen functional groups attached to an aromatic ring is 1. The van der Waals surface area contributed by atoms with E-state index in [9.17, 15) is 9.90 Å². The van der Waals surface area contributed by atoms with Gasteiger partial charge in [0.2, 0.25) is 0 Å². The average Bonchev–Trinajstić information content (AvgIpc) is 2.46. The van der Waals surface area contributed by atoms with Crippen LogP contribution in [0.2, 0.25) is 5.02 Å². The molecule has 0 bridgehead atoms. The summed E-state index contributed by atoms with van der Waals surface area (Å²) in [6.45, 7) is 1.12. The highest BCUT2D eigenvalue weighted by atomic mass is 35.5. The van der Waals surface area contributed by atoms with E-state index in [0.29, 0.717) is 23.8 Å². The van der Waals surface area contributed by atoms with E-state index in [-0.39, 0.29) is 17.2 Å². The lowest BCUT2D eigenvalue weighted by Gasteiger charge is -2.29. The second-order valence-corrected chi connectivity index (χ2v) is 5.60. The van der Waals surface area contributed by atoms with Crippen molar-refractivity contribution in [3.05, 3.63) is 58.1 Å². The Kier molecular flexibility index (Phi) is 3.47. The molecule has 4 nitrogen and oxygen atoms in total. The van der Waals surface area contributed by atoms with E-state index in [1.165, 1.54) is 11.6 Å². The zero-order valence-corrected chi connectivity index (χ0v) is 12.1. The number of aromatic hydroxyl groups is 1. The van der Waals surface area contributed by atoms with Crippen molar-refractivity contribution >= 4 is 23.2 Å². The average molecular weight is 303 g/mol. The molecular weight excluding hydrogens is 288 g/mol. The van der Waals surface area contributed by atoms with Crippen LogP contribution >= 0.6 is 11.6 Å². The zero-order chi connectivity index (χ0) is 15.0. The van der Waals surface area contributed by atoms with E-state index < -0.39 is 0 Å². The minimum Gasteiger partial charge on any atom is -0.507 e. The number of rotatable bonds is 1. The number of fused-ring (bicyclic) bond motifs is 1. The Morgan fingerprint density at radius 3 is 2.76 bits per heavy atom. The number of hydrogen-bond donors (Lipinski definition) is 2. The summed E-state index contributed by atoms with van der Waals surface area (Å²) in [5, 5.41) is 10.3. The molecule has 2 aromatic carbocycles. The van der Waals surface area contributed by atoms with E-state index in [2.05, 4.69) is 0 Å². The van der Waals surface area contributed by atoms with Crippen LogP contribution in [0.5, 0.6) is 5.75 Å². The van der Waals surface area contributed by atoms with Crippen molar-refractivity contribution in [1.82, 2.24) is 4.90 Å². The highest BCUT2D eigenvalue weighted by Crippen LogP contribution is 2.27. The minimum absolute atomic E-state index is 0.0918. The molecule has 2 aromatic rings. The molecule has 0 atom stereocenters. The lowest BCUT2D eigenvalue weighted by molar-refractivity contribution is 0.0731. The first-order valence-corrected chi connectivity index (χ1v) is 7.07. The van der Waals surface area contributed by atoms with Gasteiger partial charge in [-0.1, -0.05) is 17.7 Å². The topological polar surface area (TPSA) is 66.6 Å². The smallest absolute Gasteiger partial charge is 0.257 e. The molecule has 0 fully saturated rings. The zero-order valence-electron chi connectivity index (χ0n) is 11.3. The molecule has 3 rings (SSSR count). The quantitative estimate of drug-likeness (QED) is 0.796. The normalized spacial score (nSPS) is 13.9. The van der Waals surface area contributed by atoms with Crippen LogP contribution < -0.4 is 5.73 Å². The number of carbonyl (C=O) groups excluding carboxylic acids is 1. The maximum atomic E-state index is 12.5. The second kappa shape index (κ2) is 5.30. The predicted molar refractivity (Wildman–Crippen MR) is 82.4 cm³/mol. The summed E-state index contributed by atoms with van der Waals surface area (Å²) in [7, 11) is 0. The van der Waals surface area contributed by atoms with Crippen LogP contribution in [-0.2, 0) is 13.0 Å². The van der Waals surface area contributed by atoms with Crippen LogP contribution in [0.15, 0.2) is 36.4 Å². The molecular formula is C16H15ClN2O2. The molecule has 0 saturated heterocycles. The first kappa shape index (κ1) is 13.8. The molecule has 0 radical (unpaired) electrons. The number of nitrogens with zero attached hydrogens (tertiary/aromatic N) is 1. The summed E-state index contributed by atoms with van der Waals surface area (Å²) in [4.78, 5) is 14.2. The van der Waals surface area contributed by atoms with Gasteiger partial charge in [0.25, 0.3) is 5.91 Å². The van der Waals surface area contributed by atoms with Crippen LogP contribution in [0.25, 0.3) is 0 Å². The van der Waals surface area contributed by atoms with Gasteiger partial charge in [-0.2, -0.15) is 0 Å². The number of amides is 1. The summed E-state index contributed by atoms with van der Waals surface area (Å²) < 4.78 is 0. The fourth-order valence-electron chi connectivity index (χ4n) is 2.61. The Bertz CT molecular complexity index is 715. The summed E-state index contributed by atoms with van der Waals surface area (Å²) in [5.74, 6) is -0.289. The minimum atomic E-state index is -0.197. The number of hydrogen-bond acceptors (Lipinski definition) is 3. The van der Waals surface area contributed by atoms with Gasteiger partial charge in [0.15, 0.2) is 0 Å². The summed E-state index contributed by atoms with van der Waals surface area (Å²) in [6.07, 6.45) is 0.787. The summed E-state index contributed by atoms with van der Waals surface area (Å²) in [6, 6.07) is 10.3. The van der Waals surface area contributed by atoms with Gasteiger partial charge in [-0.3, -0.25) is 4.79 Å². The Balaban J connectivity index is 1.87. The molecule has 0 spiro atoms. The predicted octanol–water partition coefficient (Wildman–Crippen LogP) is 2.83. The second-order valence-electron chi connectivity index (χ2n) is 5.17. The Morgan fingerprint density at radius 2 is 2.00 bits per heavy atom. The Hall–Kier alpha value is -2.20. The largest absolute Gasteiger partial charge is 0.507 e. The van der Waals surface area contributed by atoms with Crippen LogP contribution in [0.1, 0.15) is 21.5 Å². The van der Waals surface area contributed by atoms with Crippen molar-refractivity contribution in [3.63, 3.8) is 0 Å². The molecule has 0 aromatic heterocycles. The highest BCUT2D eigenvalue weighted by molar-refractivity contribution is 6.30. The Labute approximate surface area is 127 Å². The molecule has 1 aliphatic heterocycles. The summed E-state index contributed by atoms with van der Waals surface area (Å²) in [5.41, 5.74) is 9.03. The first-order chi connectivity index (χ1) is 10.0. The monoisotopic (exact) mass is 302 g/mol.